The predicted molar refractivity (Wildman–Crippen MR) is 95.0 cm³/mol. The molecule has 0 bridgehead atoms. The molecule has 0 aliphatic heterocycles. The lowest BCUT2D eigenvalue weighted by Gasteiger charge is -2.09. The van der Waals surface area contributed by atoms with Crippen LogP contribution in [0.25, 0.3) is 0 Å². The van der Waals surface area contributed by atoms with Crippen LogP contribution in [0.1, 0.15) is 10.5 Å². The maximum atomic E-state index is 12.2. The van der Waals surface area contributed by atoms with Gasteiger partial charge in [0.2, 0.25) is 0 Å². The van der Waals surface area contributed by atoms with Crippen molar-refractivity contribution < 1.29 is 9.53 Å². The molecule has 0 aliphatic rings. The van der Waals surface area contributed by atoms with Crippen LogP contribution in [0.15, 0.2) is 60.8 Å². The van der Waals surface area contributed by atoms with E-state index in [0.717, 1.165) is 11.6 Å². The lowest BCUT2D eigenvalue weighted by Crippen LogP contribution is -2.28. The van der Waals surface area contributed by atoms with Crippen molar-refractivity contribution in [2.45, 2.75) is 0 Å². The third-order valence-electron chi connectivity index (χ3n) is 3.46. The highest BCUT2D eigenvalue weighted by Crippen LogP contribution is 2.13. The number of nitrogens with zero attached hydrogens (tertiary/aromatic N) is 3. The number of aryl methyl sites for hydroxylation is 1. The van der Waals surface area contributed by atoms with E-state index in [9.17, 15) is 4.79 Å². The smallest absolute Gasteiger partial charge is 0.270 e. The molecule has 7 nitrogen and oxygen atoms in total. The quantitative estimate of drug-likeness (QED) is 0.647. The number of amides is 1. The lowest BCUT2D eigenvalue weighted by atomic mass is 10.3. The second kappa shape index (κ2) is 7.96. The summed E-state index contributed by atoms with van der Waals surface area (Å²) in [6.45, 7) is 0.789. The van der Waals surface area contributed by atoms with Crippen molar-refractivity contribution >= 4 is 17.5 Å². The third-order valence-corrected chi connectivity index (χ3v) is 3.46. The van der Waals surface area contributed by atoms with E-state index in [2.05, 4.69) is 20.7 Å². The van der Waals surface area contributed by atoms with E-state index in [-0.39, 0.29) is 5.91 Å². The monoisotopic (exact) mass is 337 g/mol. The van der Waals surface area contributed by atoms with Gasteiger partial charge in [-0.2, -0.15) is 5.10 Å². The van der Waals surface area contributed by atoms with Gasteiger partial charge in [0.1, 0.15) is 29.7 Å². The predicted octanol–water partition coefficient (Wildman–Crippen LogP) is 2.37. The van der Waals surface area contributed by atoms with E-state index < -0.39 is 0 Å². The second-order valence-corrected chi connectivity index (χ2v) is 5.29. The van der Waals surface area contributed by atoms with E-state index in [1.54, 1.807) is 29.1 Å². The molecule has 1 amide bonds. The zero-order valence-electron chi connectivity index (χ0n) is 13.8. The van der Waals surface area contributed by atoms with E-state index in [1.807, 2.05) is 43.4 Å². The minimum Gasteiger partial charge on any atom is -0.492 e. The van der Waals surface area contributed by atoms with Crippen LogP contribution >= 0.6 is 0 Å². The first kappa shape index (κ1) is 16.5. The van der Waals surface area contributed by atoms with Crippen molar-refractivity contribution in [3.05, 3.63) is 66.5 Å². The first-order chi connectivity index (χ1) is 12.2. The van der Waals surface area contributed by atoms with Gasteiger partial charge in [0.05, 0.1) is 12.7 Å². The highest BCUT2D eigenvalue weighted by Gasteiger charge is 2.08. The molecule has 1 aromatic carbocycles. The van der Waals surface area contributed by atoms with Crippen LogP contribution in [0.2, 0.25) is 0 Å². The van der Waals surface area contributed by atoms with Crippen molar-refractivity contribution in [1.29, 1.82) is 0 Å². The molecule has 25 heavy (non-hydrogen) atoms. The molecule has 2 aromatic heterocycles. The van der Waals surface area contributed by atoms with Crippen molar-refractivity contribution in [2.24, 2.45) is 7.05 Å². The molecule has 2 heterocycles. The maximum absolute atomic E-state index is 12.2. The van der Waals surface area contributed by atoms with Gasteiger partial charge in [-0.3, -0.25) is 9.48 Å². The number of nitrogens with one attached hydrogen (secondary N) is 2. The highest BCUT2D eigenvalue weighted by molar-refractivity contribution is 5.92. The molecular formula is C18H19N5O2. The van der Waals surface area contributed by atoms with Gasteiger partial charge in [-0.15, -0.1) is 0 Å². The molecule has 3 rings (SSSR count). The van der Waals surface area contributed by atoms with Crippen molar-refractivity contribution in [2.75, 3.05) is 18.5 Å². The summed E-state index contributed by atoms with van der Waals surface area (Å²) in [7, 11) is 1.83. The van der Waals surface area contributed by atoms with Crippen LogP contribution < -0.4 is 15.4 Å². The molecule has 0 aliphatic carbocycles. The highest BCUT2D eigenvalue weighted by atomic mass is 16.5. The summed E-state index contributed by atoms with van der Waals surface area (Å²) in [4.78, 5) is 16.5. The molecule has 0 atom stereocenters. The van der Waals surface area contributed by atoms with Crippen LogP contribution in [0.3, 0.4) is 0 Å². The van der Waals surface area contributed by atoms with Crippen molar-refractivity contribution in [3.63, 3.8) is 0 Å². The van der Waals surface area contributed by atoms with Crippen LogP contribution in [-0.2, 0) is 7.05 Å². The third kappa shape index (κ3) is 4.57. The average Bonchev–Trinajstić information content (AvgIpc) is 3.04. The number of hydrogen-bond donors (Lipinski definition) is 2. The summed E-state index contributed by atoms with van der Waals surface area (Å²) >= 11 is 0. The molecule has 0 spiro atoms. The first-order valence-corrected chi connectivity index (χ1v) is 7.90. The number of aromatic nitrogens is 3. The summed E-state index contributed by atoms with van der Waals surface area (Å²) in [6.07, 6.45) is 1.69. The fraction of sp³-hybridized carbons (Fsp3) is 0.167. The molecule has 0 saturated heterocycles. The van der Waals surface area contributed by atoms with Gasteiger partial charge in [-0.05, 0) is 24.3 Å². The number of carbonyl (C=O) groups is 1. The Morgan fingerprint density at radius 2 is 1.96 bits per heavy atom. The van der Waals surface area contributed by atoms with Gasteiger partial charge in [0.15, 0.2) is 0 Å². The maximum Gasteiger partial charge on any atom is 0.270 e. The van der Waals surface area contributed by atoms with Gasteiger partial charge in [-0.1, -0.05) is 24.3 Å². The molecule has 128 valence electrons. The summed E-state index contributed by atoms with van der Waals surface area (Å²) in [5.74, 6) is 1.90. The normalized spacial score (nSPS) is 10.3. The van der Waals surface area contributed by atoms with Crippen LogP contribution in [-0.4, -0.2) is 33.8 Å². The number of benzene rings is 1. The fourth-order valence-corrected chi connectivity index (χ4v) is 2.20. The van der Waals surface area contributed by atoms with Crippen molar-refractivity contribution in [3.8, 4) is 5.75 Å². The Balaban J connectivity index is 1.52. The zero-order valence-corrected chi connectivity index (χ0v) is 13.8. The molecule has 2 N–H and O–H groups in total. The Hall–Kier alpha value is -3.35. The number of carbonyl (C=O) groups excluding carboxylic acids is 1. The Morgan fingerprint density at radius 3 is 2.72 bits per heavy atom. The minimum atomic E-state index is -0.245. The van der Waals surface area contributed by atoms with Gasteiger partial charge in [0.25, 0.3) is 5.91 Å². The summed E-state index contributed by atoms with van der Waals surface area (Å²) in [5, 5.41) is 9.99. The van der Waals surface area contributed by atoms with E-state index in [0.29, 0.717) is 24.7 Å². The summed E-state index contributed by atoms with van der Waals surface area (Å²) < 4.78 is 7.23. The second-order valence-electron chi connectivity index (χ2n) is 5.29. The minimum absolute atomic E-state index is 0.245. The molecular weight excluding hydrogens is 318 g/mol. The SMILES string of the molecule is Cn1nccc1Nc1cccc(C(=O)NCCOc2ccccc2)n1. The van der Waals surface area contributed by atoms with Gasteiger partial charge < -0.3 is 15.4 Å². The molecule has 3 aromatic rings. The Morgan fingerprint density at radius 1 is 1.12 bits per heavy atom. The van der Waals surface area contributed by atoms with Crippen molar-refractivity contribution in [1.82, 2.24) is 20.1 Å². The van der Waals surface area contributed by atoms with E-state index in [1.165, 1.54) is 0 Å². The molecule has 0 unspecified atom stereocenters. The number of anilines is 2. The molecule has 0 fully saturated rings. The average molecular weight is 337 g/mol. The van der Waals surface area contributed by atoms with Crippen LogP contribution in [0.4, 0.5) is 11.6 Å². The fourth-order valence-electron chi connectivity index (χ4n) is 2.20. The van der Waals surface area contributed by atoms with E-state index in [4.69, 9.17) is 4.74 Å². The largest absolute Gasteiger partial charge is 0.492 e. The number of pyridine rings is 1. The Kier molecular flexibility index (Phi) is 5.26. The Labute approximate surface area is 145 Å². The summed E-state index contributed by atoms with van der Waals surface area (Å²) in [5.41, 5.74) is 0.340. The molecule has 7 heteroatoms. The van der Waals surface area contributed by atoms with Crippen LogP contribution in [0, 0.1) is 0 Å². The number of rotatable bonds is 7. The first-order valence-electron chi connectivity index (χ1n) is 7.90. The standard InChI is InChI=1S/C18H19N5O2/c1-23-17(10-11-20-23)22-16-9-5-8-15(21-16)18(24)19-12-13-25-14-6-3-2-4-7-14/h2-11H,12-13H2,1H3,(H,19,24)(H,21,22). The number of ether oxygens (including phenoxy) is 1. The molecule has 0 saturated carbocycles. The van der Waals surface area contributed by atoms with E-state index >= 15 is 0 Å². The van der Waals surface area contributed by atoms with Gasteiger partial charge in [-0.25, -0.2) is 4.98 Å². The summed E-state index contributed by atoms with van der Waals surface area (Å²) in [6, 6.07) is 16.5. The molecule has 0 radical (unpaired) electrons. The zero-order chi connectivity index (χ0) is 17.5. The number of hydrogen-bond acceptors (Lipinski definition) is 5. The number of para-hydroxylation sites is 1. The topological polar surface area (TPSA) is 81.1 Å². The Bertz CT molecular complexity index is 832. The van der Waals surface area contributed by atoms with Gasteiger partial charge >= 0.3 is 0 Å². The van der Waals surface area contributed by atoms with Crippen LogP contribution in [0.5, 0.6) is 5.75 Å². The van der Waals surface area contributed by atoms with Gasteiger partial charge in [0, 0.05) is 13.1 Å². The lowest BCUT2D eigenvalue weighted by molar-refractivity contribution is 0.0942.